The lowest BCUT2D eigenvalue weighted by atomic mass is 10.2. The van der Waals surface area contributed by atoms with Gasteiger partial charge in [-0.2, -0.15) is 0 Å². The summed E-state index contributed by atoms with van der Waals surface area (Å²) in [6, 6.07) is 11.2. The molecule has 0 saturated carbocycles. The molecule has 7 nitrogen and oxygen atoms in total. The van der Waals surface area contributed by atoms with Gasteiger partial charge in [0.2, 0.25) is 11.8 Å². The third-order valence-corrected chi connectivity index (χ3v) is 4.51. The van der Waals surface area contributed by atoms with Crippen LogP contribution in [0.4, 0.5) is 10.5 Å². The third kappa shape index (κ3) is 9.25. The molecule has 0 saturated heterocycles. The molecule has 1 aromatic heterocycles. The zero-order chi connectivity index (χ0) is 21.3. The van der Waals surface area contributed by atoms with Crippen molar-refractivity contribution < 1.29 is 19.1 Å². The number of rotatable bonds is 8. The van der Waals surface area contributed by atoms with Crippen LogP contribution in [0.1, 0.15) is 37.6 Å². The second-order valence-electron chi connectivity index (χ2n) is 7.46. The van der Waals surface area contributed by atoms with Crippen molar-refractivity contribution in [3.63, 3.8) is 0 Å². The molecule has 0 aliphatic rings. The van der Waals surface area contributed by atoms with Crippen molar-refractivity contribution >= 4 is 34.9 Å². The van der Waals surface area contributed by atoms with Gasteiger partial charge < -0.3 is 20.7 Å². The number of hydrogen-bond acceptors (Lipinski definition) is 5. The van der Waals surface area contributed by atoms with E-state index in [1.165, 1.54) is 0 Å². The molecule has 0 unspecified atom stereocenters. The van der Waals surface area contributed by atoms with Gasteiger partial charge in [-0.25, -0.2) is 4.79 Å². The first-order valence-corrected chi connectivity index (χ1v) is 10.2. The van der Waals surface area contributed by atoms with Gasteiger partial charge in [-0.05, 0) is 49.9 Å². The summed E-state index contributed by atoms with van der Waals surface area (Å²) >= 11 is 1.54. The van der Waals surface area contributed by atoms with Crippen molar-refractivity contribution in [2.45, 2.75) is 45.8 Å². The first-order chi connectivity index (χ1) is 13.7. The SMILES string of the molecule is CC(C)(C)OC(=O)NCCC(=O)NCc1cccc(NC(=O)Cc2cccs2)c1. The molecule has 2 aromatic rings. The molecule has 0 spiro atoms. The topological polar surface area (TPSA) is 96.5 Å². The van der Waals surface area contributed by atoms with Gasteiger partial charge in [0.15, 0.2) is 0 Å². The van der Waals surface area contributed by atoms with E-state index in [1.807, 2.05) is 41.8 Å². The minimum Gasteiger partial charge on any atom is -0.444 e. The molecule has 3 N–H and O–H groups in total. The van der Waals surface area contributed by atoms with Crippen LogP contribution in [0.25, 0.3) is 0 Å². The summed E-state index contributed by atoms with van der Waals surface area (Å²) in [5.74, 6) is -0.268. The number of hydrogen-bond donors (Lipinski definition) is 3. The lowest BCUT2D eigenvalue weighted by molar-refractivity contribution is -0.121. The first-order valence-electron chi connectivity index (χ1n) is 9.36. The normalized spacial score (nSPS) is 10.9. The van der Waals surface area contributed by atoms with E-state index in [1.54, 1.807) is 32.1 Å². The van der Waals surface area contributed by atoms with E-state index < -0.39 is 11.7 Å². The van der Waals surface area contributed by atoms with Gasteiger partial charge in [0, 0.05) is 30.1 Å². The summed E-state index contributed by atoms with van der Waals surface area (Å²) in [4.78, 5) is 36.6. The van der Waals surface area contributed by atoms with E-state index in [0.29, 0.717) is 18.7 Å². The maximum absolute atomic E-state index is 12.1. The van der Waals surface area contributed by atoms with Crippen LogP contribution < -0.4 is 16.0 Å². The molecule has 8 heteroatoms. The Bertz CT molecular complexity index is 829. The highest BCUT2D eigenvalue weighted by atomic mass is 32.1. The molecule has 0 aliphatic carbocycles. The van der Waals surface area contributed by atoms with Gasteiger partial charge in [0.1, 0.15) is 5.60 Å². The summed E-state index contributed by atoms with van der Waals surface area (Å²) in [6.07, 6.45) is -0.0592. The monoisotopic (exact) mass is 417 g/mol. The molecule has 0 bridgehead atoms. The van der Waals surface area contributed by atoms with E-state index in [-0.39, 0.29) is 24.8 Å². The number of alkyl carbamates (subject to hydrolysis) is 1. The van der Waals surface area contributed by atoms with Crippen molar-refractivity contribution in [1.29, 1.82) is 0 Å². The van der Waals surface area contributed by atoms with E-state index in [4.69, 9.17) is 4.74 Å². The Morgan fingerprint density at radius 2 is 1.83 bits per heavy atom. The summed E-state index contributed by atoms with van der Waals surface area (Å²) in [6.45, 7) is 5.85. The van der Waals surface area contributed by atoms with Crippen LogP contribution in [0.3, 0.4) is 0 Å². The van der Waals surface area contributed by atoms with Crippen LogP contribution in [-0.2, 0) is 27.3 Å². The number of amides is 3. The standard InChI is InChI=1S/C21H27N3O4S/c1-21(2,3)28-20(27)22-10-9-18(25)23-14-15-6-4-7-16(12-15)24-19(26)13-17-8-5-11-29-17/h4-8,11-12H,9-10,13-14H2,1-3H3,(H,22,27)(H,23,25)(H,24,26). The van der Waals surface area contributed by atoms with E-state index in [2.05, 4.69) is 16.0 Å². The molecule has 3 amide bonds. The summed E-state index contributed by atoms with van der Waals surface area (Å²) < 4.78 is 5.11. The number of carbonyl (C=O) groups excluding carboxylic acids is 3. The van der Waals surface area contributed by atoms with Gasteiger partial charge >= 0.3 is 6.09 Å². The highest BCUT2D eigenvalue weighted by molar-refractivity contribution is 7.10. The highest BCUT2D eigenvalue weighted by Crippen LogP contribution is 2.13. The third-order valence-electron chi connectivity index (χ3n) is 3.64. The zero-order valence-electron chi connectivity index (χ0n) is 16.9. The van der Waals surface area contributed by atoms with Gasteiger partial charge in [-0.15, -0.1) is 11.3 Å². The lowest BCUT2D eigenvalue weighted by Crippen LogP contribution is -2.35. The van der Waals surface area contributed by atoms with Crippen molar-refractivity contribution in [3.8, 4) is 0 Å². The Morgan fingerprint density at radius 3 is 2.52 bits per heavy atom. The van der Waals surface area contributed by atoms with Crippen LogP contribution in [-0.4, -0.2) is 30.1 Å². The maximum Gasteiger partial charge on any atom is 0.407 e. The summed E-state index contributed by atoms with van der Waals surface area (Å²) in [5, 5.41) is 10.2. The molecular weight excluding hydrogens is 390 g/mol. The zero-order valence-corrected chi connectivity index (χ0v) is 17.7. The van der Waals surface area contributed by atoms with Gasteiger partial charge in [0.05, 0.1) is 6.42 Å². The number of carbonyl (C=O) groups is 3. The predicted molar refractivity (Wildman–Crippen MR) is 114 cm³/mol. The summed E-state index contributed by atoms with van der Waals surface area (Å²) in [5.41, 5.74) is 0.980. The molecule has 1 aromatic carbocycles. The molecule has 1 heterocycles. The van der Waals surface area contributed by atoms with Gasteiger partial charge in [0.25, 0.3) is 0 Å². The molecule has 0 radical (unpaired) electrons. The molecule has 0 aliphatic heterocycles. The maximum atomic E-state index is 12.1. The second kappa shape index (κ2) is 10.6. The van der Waals surface area contributed by atoms with Crippen molar-refractivity contribution in [2.75, 3.05) is 11.9 Å². The van der Waals surface area contributed by atoms with E-state index in [9.17, 15) is 14.4 Å². The Hall–Kier alpha value is -2.87. The van der Waals surface area contributed by atoms with Gasteiger partial charge in [-0.1, -0.05) is 18.2 Å². The predicted octanol–water partition coefficient (Wildman–Crippen LogP) is 3.46. The van der Waals surface area contributed by atoms with Crippen LogP contribution in [0.5, 0.6) is 0 Å². The molecule has 0 atom stereocenters. The Balaban J connectivity index is 1.72. The average molecular weight is 418 g/mol. The molecule has 0 fully saturated rings. The van der Waals surface area contributed by atoms with Crippen molar-refractivity contribution in [3.05, 3.63) is 52.2 Å². The first kappa shape index (κ1) is 22.4. The van der Waals surface area contributed by atoms with Crippen molar-refractivity contribution in [2.24, 2.45) is 0 Å². The Labute approximate surface area is 174 Å². The minimum atomic E-state index is -0.573. The molecule has 2 rings (SSSR count). The fourth-order valence-electron chi connectivity index (χ4n) is 2.42. The molecular formula is C21H27N3O4S. The smallest absolute Gasteiger partial charge is 0.407 e. The molecule has 156 valence electrons. The van der Waals surface area contributed by atoms with Crippen LogP contribution in [0.2, 0.25) is 0 Å². The number of nitrogens with one attached hydrogen (secondary N) is 3. The average Bonchev–Trinajstić information content (AvgIpc) is 3.11. The largest absolute Gasteiger partial charge is 0.444 e. The fourth-order valence-corrected chi connectivity index (χ4v) is 3.12. The van der Waals surface area contributed by atoms with E-state index in [0.717, 1.165) is 10.4 Å². The second-order valence-corrected chi connectivity index (χ2v) is 8.49. The molecule has 29 heavy (non-hydrogen) atoms. The Kier molecular flexibility index (Phi) is 8.21. The number of benzene rings is 1. The van der Waals surface area contributed by atoms with Crippen LogP contribution in [0.15, 0.2) is 41.8 Å². The van der Waals surface area contributed by atoms with Crippen molar-refractivity contribution in [1.82, 2.24) is 10.6 Å². The van der Waals surface area contributed by atoms with Gasteiger partial charge in [-0.3, -0.25) is 9.59 Å². The lowest BCUT2D eigenvalue weighted by Gasteiger charge is -2.19. The quantitative estimate of drug-likeness (QED) is 0.613. The number of thiophene rings is 1. The number of ether oxygens (including phenoxy) is 1. The minimum absolute atomic E-state index is 0.0816. The Morgan fingerprint density at radius 1 is 1.03 bits per heavy atom. The fraction of sp³-hybridized carbons (Fsp3) is 0.381. The number of anilines is 1. The van der Waals surface area contributed by atoms with E-state index >= 15 is 0 Å². The highest BCUT2D eigenvalue weighted by Gasteiger charge is 2.15. The summed E-state index contributed by atoms with van der Waals surface area (Å²) in [7, 11) is 0. The van der Waals surface area contributed by atoms with Crippen LogP contribution in [0, 0.1) is 0 Å². The van der Waals surface area contributed by atoms with Crippen LogP contribution >= 0.6 is 11.3 Å².